The van der Waals surface area contributed by atoms with Gasteiger partial charge in [-0.15, -0.1) is 0 Å². The van der Waals surface area contributed by atoms with Gasteiger partial charge in [-0.1, -0.05) is 83.3 Å². The minimum absolute atomic E-state index is 0.110. The Morgan fingerprint density at radius 3 is 1.81 bits per heavy atom. The summed E-state index contributed by atoms with van der Waals surface area (Å²) in [5.74, 6) is -0.286. The molecule has 0 amide bonds. The van der Waals surface area contributed by atoms with Crippen LogP contribution in [0.3, 0.4) is 0 Å². The van der Waals surface area contributed by atoms with Crippen molar-refractivity contribution in [1.29, 1.82) is 0 Å². The van der Waals surface area contributed by atoms with Gasteiger partial charge in [-0.2, -0.15) is 0 Å². The molecule has 4 heteroatoms. The molecule has 0 aromatic rings. The molecule has 0 saturated heterocycles. The topological polar surface area (TPSA) is 66.8 Å². The standard InChI is InChI=1S/C23H44O4/c1-2-3-4-5-6-7-8-9-10-11-12-13-14-15-16-17-18-19-23(26)27-21-22(25)20-24/h11-12,22,24-25H,2-10,13-21H2,1H3. The molecular formula is C23H44O4. The molecule has 27 heavy (non-hydrogen) atoms. The van der Waals surface area contributed by atoms with E-state index in [1.807, 2.05) is 0 Å². The summed E-state index contributed by atoms with van der Waals surface area (Å²) in [6.07, 6.45) is 23.0. The van der Waals surface area contributed by atoms with Crippen LogP contribution in [-0.2, 0) is 9.53 Å². The van der Waals surface area contributed by atoms with Crippen molar-refractivity contribution in [1.82, 2.24) is 0 Å². The number of allylic oxidation sites excluding steroid dienone is 2. The van der Waals surface area contributed by atoms with Crippen molar-refractivity contribution >= 4 is 5.97 Å². The van der Waals surface area contributed by atoms with Crippen LogP contribution >= 0.6 is 0 Å². The number of hydrogen-bond donors (Lipinski definition) is 2. The third-order valence-corrected chi connectivity index (χ3v) is 4.79. The summed E-state index contributed by atoms with van der Waals surface area (Å²) >= 11 is 0. The van der Waals surface area contributed by atoms with Crippen LogP contribution < -0.4 is 0 Å². The molecule has 4 nitrogen and oxygen atoms in total. The molecule has 0 aromatic carbocycles. The fourth-order valence-corrected chi connectivity index (χ4v) is 3.01. The van der Waals surface area contributed by atoms with E-state index in [-0.39, 0.29) is 19.2 Å². The fraction of sp³-hybridized carbons (Fsp3) is 0.870. The van der Waals surface area contributed by atoms with E-state index in [0.29, 0.717) is 6.42 Å². The third-order valence-electron chi connectivity index (χ3n) is 4.79. The Balaban J connectivity index is 3.21. The van der Waals surface area contributed by atoms with Crippen molar-refractivity contribution in [3.63, 3.8) is 0 Å². The highest BCUT2D eigenvalue weighted by atomic mass is 16.5. The van der Waals surface area contributed by atoms with Crippen LogP contribution in [0.2, 0.25) is 0 Å². The Morgan fingerprint density at radius 2 is 1.30 bits per heavy atom. The summed E-state index contributed by atoms with van der Waals surface area (Å²) < 4.78 is 4.87. The molecule has 0 saturated carbocycles. The largest absolute Gasteiger partial charge is 0.463 e. The maximum absolute atomic E-state index is 11.4. The number of rotatable bonds is 20. The van der Waals surface area contributed by atoms with E-state index in [1.165, 1.54) is 70.6 Å². The molecular weight excluding hydrogens is 340 g/mol. The predicted molar refractivity (Wildman–Crippen MR) is 113 cm³/mol. The van der Waals surface area contributed by atoms with E-state index in [2.05, 4.69) is 19.1 Å². The molecule has 0 aliphatic heterocycles. The Hall–Kier alpha value is -0.870. The minimum atomic E-state index is -0.961. The van der Waals surface area contributed by atoms with Gasteiger partial charge in [0.25, 0.3) is 0 Å². The predicted octanol–water partition coefficient (Wildman–Crippen LogP) is 5.70. The Morgan fingerprint density at radius 1 is 0.815 bits per heavy atom. The van der Waals surface area contributed by atoms with Gasteiger partial charge in [0.2, 0.25) is 0 Å². The molecule has 0 aliphatic carbocycles. The van der Waals surface area contributed by atoms with Crippen LogP contribution in [0.25, 0.3) is 0 Å². The summed E-state index contributed by atoms with van der Waals surface area (Å²) in [5.41, 5.74) is 0. The number of carbonyl (C=O) groups excluding carboxylic acids is 1. The number of unbranched alkanes of at least 4 members (excludes halogenated alkanes) is 13. The Kier molecular flexibility index (Phi) is 20.7. The van der Waals surface area contributed by atoms with Crippen LogP contribution in [0.4, 0.5) is 0 Å². The SMILES string of the molecule is CCCCCCCCCCC=CCCCCCCCC(=O)OCC(O)CO. The first-order valence-corrected chi connectivity index (χ1v) is 11.3. The molecule has 0 aliphatic rings. The van der Waals surface area contributed by atoms with Gasteiger partial charge in [0.1, 0.15) is 12.7 Å². The Labute approximate surface area is 167 Å². The van der Waals surface area contributed by atoms with Gasteiger partial charge in [0.05, 0.1) is 6.61 Å². The van der Waals surface area contributed by atoms with Crippen molar-refractivity contribution in [2.75, 3.05) is 13.2 Å². The lowest BCUT2D eigenvalue weighted by molar-refractivity contribution is -0.147. The van der Waals surface area contributed by atoms with Crippen LogP contribution in [0.15, 0.2) is 12.2 Å². The molecule has 0 bridgehead atoms. The molecule has 0 heterocycles. The van der Waals surface area contributed by atoms with Crippen molar-refractivity contribution in [3.05, 3.63) is 12.2 Å². The van der Waals surface area contributed by atoms with Crippen LogP contribution in [0.1, 0.15) is 110 Å². The molecule has 0 fully saturated rings. The van der Waals surface area contributed by atoms with E-state index in [0.717, 1.165) is 25.7 Å². The lowest BCUT2D eigenvalue weighted by Gasteiger charge is -2.08. The number of aliphatic hydroxyl groups excluding tert-OH is 2. The van der Waals surface area contributed by atoms with Crippen molar-refractivity contribution in [2.24, 2.45) is 0 Å². The molecule has 160 valence electrons. The molecule has 0 aromatic heterocycles. The van der Waals surface area contributed by atoms with Crippen molar-refractivity contribution in [2.45, 2.75) is 116 Å². The Bertz CT molecular complexity index is 341. The first-order chi connectivity index (χ1) is 13.2. The highest BCUT2D eigenvalue weighted by Crippen LogP contribution is 2.11. The van der Waals surface area contributed by atoms with E-state index in [1.54, 1.807) is 0 Å². The highest BCUT2D eigenvalue weighted by molar-refractivity contribution is 5.69. The molecule has 2 N–H and O–H groups in total. The summed E-state index contributed by atoms with van der Waals surface area (Å²) in [6, 6.07) is 0. The second kappa shape index (κ2) is 21.4. The molecule has 0 radical (unpaired) electrons. The van der Waals surface area contributed by atoms with Gasteiger partial charge in [-0.3, -0.25) is 4.79 Å². The zero-order chi connectivity index (χ0) is 20.0. The molecule has 1 atom stereocenters. The summed E-state index contributed by atoms with van der Waals surface area (Å²) in [4.78, 5) is 11.4. The third kappa shape index (κ3) is 21.3. The van der Waals surface area contributed by atoms with E-state index in [4.69, 9.17) is 14.9 Å². The van der Waals surface area contributed by atoms with E-state index >= 15 is 0 Å². The fourth-order valence-electron chi connectivity index (χ4n) is 3.01. The minimum Gasteiger partial charge on any atom is -0.463 e. The second-order valence-corrected chi connectivity index (χ2v) is 7.56. The number of ether oxygens (including phenoxy) is 1. The zero-order valence-corrected chi connectivity index (χ0v) is 17.7. The number of hydrogen-bond acceptors (Lipinski definition) is 4. The lowest BCUT2D eigenvalue weighted by atomic mass is 10.1. The van der Waals surface area contributed by atoms with Crippen LogP contribution in [0.5, 0.6) is 0 Å². The van der Waals surface area contributed by atoms with Gasteiger partial charge >= 0.3 is 5.97 Å². The van der Waals surface area contributed by atoms with Gasteiger partial charge in [-0.25, -0.2) is 0 Å². The number of carbonyl (C=O) groups is 1. The maximum atomic E-state index is 11.4. The summed E-state index contributed by atoms with van der Waals surface area (Å²) in [5, 5.41) is 17.7. The zero-order valence-electron chi connectivity index (χ0n) is 17.7. The average Bonchev–Trinajstić information content (AvgIpc) is 2.68. The smallest absolute Gasteiger partial charge is 0.305 e. The molecule has 0 rings (SSSR count). The highest BCUT2D eigenvalue weighted by Gasteiger charge is 2.07. The van der Waals surface area contributed by atoms with Crippen molar-refractivity contribution < 1.29 is 19.7 Å². The average molecular weight is 385 g/mol. The van der Waals surface area contributed by atoms with Gasteiger partial charge < -0.3 is 14.9 Å². The normalized spacial score (nSPS) is 12.6. The van der Waals surface area contributed by atoms with E-state index in [9.17, 15) is 4.79 Å². The maximum Gasteiger partial charge on any atom is 0.305 e. The monoisotopic (exact) mass is 384 g/mol. The van der Waals surface area contributed by atoms with Crippen molar-refractivity contribution in [3.8, 4) is 0 Å². The van der Waals surface area contributed by atoms with E-state index < -0.39 is 6.10 Å². The first kappa shape index (κ1) is 26.1. The summed E-state index contributed by atoms with van der Waals surface area (Å²) in [7, 11) is 0. The molecule has 0 spiro atoms. The molecule has 1 unspecified atom stereocenters. The van der Waals surface area contributed by atoms with Crippen LogP contribution in [0, 0.1) is 0 Å². The first-order valence-electron chi connectivity index (χ1n) is 11.3. The van der Waals surface area contributed by atoms with Crippen LogP contribution in [-0.4, -0.2) is 35.5 Å². The van der Waals surface area contributed by atoms with Gasteiger partial charge in [0, 0.05) is 6.42 Å². The number of aliphatic hydroxyl groups is 2. The number of esters is 1. The quantitative estimate of drug-likeness (QED) is 0.160. The van der Waals surface area contributed by atoms with Gasteiger partial charge in [0.15, 0.2) is 0 Å². The summed E-state index contributed by atoms with van der Waals surface area (Å²) in [6.45, 7) is 1.78. The lowest BCUT2D eigenvalue weighted by Crippen LogP contribution is -2.21. The second-order valence-electron chi connectivity index (χ2n) is 7.56. The van der Waals surface area contributed by atoms with Gasteiger partial charge in [-0.05, 0) is 32.1 Å².